The van der Waals surface area contributed by atoms with Crippen LogP contribution in [0.15, 0.2) is 12.3 Å². The number of halogens is 1. The van der Waals surface area contributed by atoms with Gasteiger partial charge in [0.25, 0.3) is 0 Å². The van der Waals surface area contributed by atoms with Gasteiger partial charge in [0.2, 0.25) is 0 Å². The lowest BCUT2D eigenvalue weighted by molar-refractivity contribution is 0.00578. The number of pyridine rings is 1. The van der Waals surface area contributed by atoms with Gasteiger partial charge in [-0.1, -0.05) is 11.6 Å². The molecule has 0 saturated carbocycles. The van der Waals surface area contributed by atoms with Gasteiger partial charge < -0.3 is 14.2 Å². The third kappa shape index (κ3) is 2.86. The molecule has 0 atom stereocenters. The zero-order valence-electron chi connectivity index (χ0n) is 13.0. The van der Waals surface area contributed by atoms with Crippen molar-refractivity contribution in [1.29, 1.82) is 0 Å². The van der Waals surface area contributed by atoms with E-state index in [-0.39, 0.29) is 11.2 Å². The molecule has 1 fully saturated rings. The molecule has 1 aliphatic heterocycles. The summed E-state index contributed by atoms with van der Waals surface area (Å²) in [4.78, 5) is 6.50. The van der Waals surface area contributed by atoms with Crippen LogP contribution in [0.5, 0.6) is 0 Å². The van der Waals surface area contributed by atoms with Gasteiger partial charge in [0.15, 0.2) is 0 Å². The first kappa shape index (κ1) is 15.8. The Labute approximate surface area is 126 Å². The fourth-order valence-electron chi connectivity index (χ4n) is 2.11. The zero-order valence-corrected chi connectivity index (χ0v) is 13.8. The van der Waals surface area contributed by atoms with Crippen LogP contribution < -0.4 is 5.59 Å². The van der Waals surface area contributed by atoms with Crippen molar-refractivity contribution < 1.29 is 9.31 Å². The van der Waals surface area contributed by atoms with Crippen LogP contribution in [-0.2, 0) is 15.9 Å². The Bertz CT molecular complexity index is 490. The van der Waals surface area contributed by atoms with Crippen molar-refractivity contribution in [3.8, 4) is 0 Å². The molecule has 4 nitrogen and oxygen atoms in total. The largest absolute Gasteiger partial charge is 0.514 e. The standard InChI is InChI=1S/C14H22BClN2O2/c1-13(2)14(3,4)20-15(19-13)12-10(9-18(5)6)11(16)7-8-17-12/h7-8H,9H2,1-6H3. The zero-order chi connectivity index (χ0) is 15.1. The van der Waals surface area contributed by atoms with E-state index in [0.717, 1.165) is 11.2 Å². The van der Waals surface area contributed by atoms with Crippen LogP contribution >= 0.6 is 11.6 Å². The van der Waals surface area contributed by atoms with Crippen LogP contribution in [0.25, 0.3) is 0 Å². The van der Waals surface area contributed by atoms with Gasteiger partial charge in [-0.3, -0.25) is 4.98 Å². The maximum atomic E-state index is 6.32. The molecule has 0 aromatic carbocycles. The van der Waals surface area contributed by atoms with E-state index in [1.807, 2.05) is 41.8 Å². The Morgan fingerprint density at radius 2 is 1.75 bits per heavy atom. The van der Waals surface area contributed by atoms with Crippen LogP contribution in [0.2, 0.25) is 5.02 Å². The Kier molecular flexibility index (Phi) is 4.18. The van der Waals surface area contributed by atoms with E-state index in [1.54, 1.807) is 12.3 Å². The summed E-state index contributed by atoms with van der Waals surface area (Å²) in [5.74, 6) is 0. The molecule has 1 aromatic heterocycles. The molecule has 0 amide bonds. The van der Waals surface area contributed by atoms with E-state index >= 15 is 0 Å². The van der Waals surface area contributed by atoms with Gasteiger partial charge in [-0.25, -0.2) is 0 Å². The number of hydrogen-bond donors (Lipinski definition) is 0. The molecule has 2 heterocycles. The summed E-state index contributed by atoms with van der Waals surface area (Å²) < 4.78 is 12.1. The Balaban J connectivity index is 2.37. The second-order valence-corrected chi connectivity index (χ2v) is 6.89. The molecule has 6 heteroatoms. The Hall–Kier alpha value is -0.615. The lowest BCUT2D eigenvalue weighted by Gasteiger charge is -2.32. The molecule has 1 saturated heterocycles. The van der Waals surface area contributed by atoms with E-state index < -0.39 is 7.12 Å². The smallest absolute Gasteiger partial charge is 0.398 e. The molecule has 0 bridgehead atoms. The van der Waals surface area contributed by atoms with Gasteiger partial charge in [-0.15, -0.1) is 0 Å². The fraction of sp³-hybridized carbons (Fsp3) is 0.643. The second-order valence-electron chi connectivity index (χ2n) is 6.48. The SMILES string of the molecule is CN(C)Cc1c(Cl)ccnc1B1OC(C)(C)C(C)(C)O1. The third-order valence-corrected chi connectivity index (χ3v) is 4.34. The lowest BCUT2D eigenvalue weighted by Crippen LogP contribution is -2.41. The van der Waals surface area contributed by atoms with E-state index in [9.17, 15) is 0 Å². The van der Waals surface area contributed by atoms with Crippen LogP contribution in [0, 0.1) is 0 Å². The minimum atomic E-state index is -0.478. The molecule has 0 radical (unpaired) electrons. The van der Waals surface area contributed by atoms with Crippen LogP contribution in [0.1, 0.15) is 33.3 Å². The van der Waals surface area contributed by atoms with Crippen molar-refractivity contribution in [2.24, 2.45) is 0 Å². The first-order valence-corrected chi connectivity index (χ1v) is 7.15. The molecular weight excluding hydrogens is 274 g/mol. The highest BCUT2D eigenvalue weighted by molar-refractivity contribution is 6.62. The monoisotopic (exact) mass is 296 g/mol. The minimum Gasteiger partial charge on any atom is -0.398 e. The van der Waals surface area contributed by atoms with E-state index in [2.05, 4.69) is 9.88 Å². The topological polar surface area (TPSA) is 34.6 Å². The molecule has 20 heavy (non-hydrogen) atoms. The summed E-state index contributed by atoms with van der Waals surface area (Å²) >= 11 is 6.32. The highest BCUT2D eigenvalue weighted by atomic mass is 35.5. The number of aromatic nitrogens is 1. The van der Waals surface area contributed by atoms with Gasteiger partial charge in [0, 0.05) is 23.3 Å². The summed E-state index contributed by atoms with van der Waals surface area (Å²) in [5.41, 5.74) is 0.969. The lowest BCUT2D eigenvalue weighted by atomic mass is 9.80. The molecule has 0 spiro atoms. The first-order valence-electron chi connectivity index (χ1n) is 6.78. The van der Waals surface area contributed by atoms with E-state index in [0.29, 0.717) is 11.6 Å². The number of rotatable bonds is 3. The van der Waals surface area contributed by atoms with Gasteiger partial charge in [0.1, 0.15) is 0 Å². The quantitative estimate of drug-likeness (QED) is 0.800. The summed E-state index contributed by atoms with van der Waals surface area (Å²) in [6, 6.07) is 1.80. The van der Waals surface area contributed by atoms with E-state index in [1.165, 1.54) is 0 Å². The Morgan fingerprint density at radius 3 is 2.25 bits per heavy atom. The van der Waals surface area contributed by atoms with Crippen LogP contribution in [-0.4, -0.2) is 42.3 Å². The summed E-state index contributed by atoms with van der Waals surface area (Å²) in [6.45, 7) is 8.82. The molecule has 1 aliphatic rings. The van der Waals surface area contributed by atoms with Crippen molar-refractivity contribution in [2.75, 3.05) is 14.1 Å². The summed E-state index contributed by atoms with van der Waals surface area (Å²) in [5, 5.41) is 0.693. The minimum absolute atomic E-state index is 0.378. The maximum absolute atomic E-state index is 6.32. The van der Waals surface area contributed by atoms with Crippen molar-refractivity contribution in [2.45, 2.75) is 45.4 Å². The van der Waals surface area contributed by atoms with Gasteiger partial charge in [0.05, 0.1) is 16.8 Å². The third-order valence-electron chi connectivity index (χ3n) is 3.98. The number of hydrogen-bond acceptors (Lipinski definition) is 4. The fourth-order valence-corrected chi connectivity index (χ4v) is 2.33. The summed E-state index contributed by atoms with van der Waals surface area (Å²) in [6.07, 6.45) is 1.70. The Morgan fingerprint density at radius 1 is 1.20 bits per heavy atom. The van der Waals surface area contributed by atoms with Crippen LogP contribution in [0.3, 0.4) is 0 Å². The predicted octanol–water partition coefficient (Wildman–Crippen LogP) is 2.10. The molecule has 0 aliphatic carbocycles. The molecular formula is C14H22BClN2O2. The average Bonchev–Trinajstić information content (AvgIpc) is 2.50. The van der Waals surface area contributed by atoms with E-state index in [4.69, 9.17) is 20.9 Å². The molecule has 2 rings (SSSR count). The number of nitrogens with zero attached hydrogens (tertiary/aromatic N) is 2. The van der Waals surface area contributed by atoms with Gasteiger partial charge >= 0.3 is 7.12 Å². The highest BCUT2D eigenvalue weighted by Crippen LogP contribution is 2.36. The predicted molar refractivity (Wildman–Crippen MR) is 82.4 cm³/mol. The van der Waals surface area contributed by atoms with Crippen molar-refractivity contribution in [3.05, 3.63) is 22.8 Å². The van der Waals surface area contributed by atoms with Crippen molar-refractivity contribution in [3.63, 3.8) is 0 Å². The first-order chi connectivity index (χ1) is 9.14. The molecule has 0 N–H and O–H groups in total. The molecule has 0 unspecified atom stereocenters. The highest BCUT2D eigenvalue weighted by Gasteiger charge is 2.53. The average molecular weight is 297 g/mol. The summed E-state index contributed by atoms with van der Waals surface area (Å²) in [7, 11) is 3.52. The van der Waals surface area contributed by atoms with Crippen LogP contribution in [0.4, 0.5) is 0 Å². The van der Waals surface area contributed by atoms with Gasteiger partial charge in [-0.05, 0) is 47.9 Å². The second kappa shape index (κ2) is 5.30. The maximum Gasteiger partial charge on any atom is 0.514 e. The molecule has 1 aromatic rings. The van der Waals surface area contributed by atoms with Crippen molar-refractivity contribution >= 4 is 24.3 Å². The van der Waals surface area contributed by atoms with Gasteiger partial charge in [-0.2, -0.15) is 0 Å². The van der Waals surface area contributed by atoms with Crippen molar-refractivity contribution in [1.82, 2.24) is 9.88 Å². The normalized spacial score (nSPS) is 20.7. The molecule has 110 valence electrons.